The number of nitrogens with two attached hydrogens (primary N) is 1. The summed E-state index contributed by atoms with van der Waals surface area (Å²) in [5, 5.41) is 2.80. The summed E-state index contributed by atoms with van der Waals surface area (Å²) in [4.78, 5) is 8.92. The van der Waals surface area contributed by atoms with E-state index in [1.54, 1.807) is 6.07 Å². The van der Waals surface area contributed by atoms with Crippen LogP contribution in [-0.2, 0) is 7.05 Å². The number of hydrogen-bond acceptors (Lipinski definition) is 4. The molecule has 2 N–H and O–H groups in total. The lowest BCUT2D eigenvalue weighted by Crippen LogP contribution is -2.04. The number of aryl methyl sites for hydroxylation is 1. The maximum absolute atomic E-state index is 13.2. The molecule has 0 amide bonds. The van der Waals surface area contributed by atoms with Crippen LogP contribution >= 0.6 is 11.3 Å². The highest BCUT2D eigenvalue weighted by Crippen LogP contribution is 2.27. The summed E-state index contributed by atoms with van der Waals surface area (Å²) in [6, 6.07) is 4.49. The highest BCUT2D eigenvalue weighted by molar-refractivity contribution is 7.10. The van der Waals surface area contributed by atoms with Crippen molar-refractivity contribution in [3.8, 4) is 11.5 Å². The van der Waals surface area contributed by atoms with E-state index >= 15 is 0 Å². The average molecular weight is 276 g/mol. The Morgan fingerprint density at radius 1 is 1.37 bits per heavy atom. The number of rotatable bonds is 2. The Morgan fingerprint density at radius 2 is 2.16 bits per heavy atom. The van der Waals surface area contributed by atoms with Crippen LogP contribution in [0.2, 0.25) is 0 Å². The SMILES string of the molecule is CC(N)c1nc(-c2nc3cc(F)ccc3n2C)cs1. The van der Waals surface area contributed by atoms with Gasteiger partial charge < -0.3 is 10.3 Å². The Kier molecular flexibility index (Phi) is 2.83. The van der Waals surface area contributed by atoms with E-state index in [2.05, 4.69) is 9.97 Å². The van der Waals surface area contributed by atoms with Crippen LogP contribution in [0.4, 0.5) is 4.39 Å². The summed E-state index contributed by atoms with van der Waals surface area (Å²) in [5.74, 6) is 0.440. The van der Waals surface area contributed by atoms with Crippen molar-refractivity contribution < 1.29 is 4.39 Å². The molecular formula is C13H13FN4S. The minimum atomic E-state index is -0.285. The first kappa shape index (κ1) is 12.3. The first-order valence-corrected chi connectivity index (χ1v) is 6.77. The summed E-state index contributed by atoms with van der Waals surface area (Å²) < 4.78 is 15.1. The van der Waals surface area contributed by atoms with Crippen molar-refractivity contribution >= 4 is 22.4 Å². The molecular weight excluding hydrogens is 263 g/mol. The molecule has 19 heavy (non-hydrogen) atoms. The van der Waals surface area contributed by atoms with Crippen LogP contribution in [0.1, 0.15) is 18.0 Å². The number of thiazole rings is 1. The molecule has 0 bridgehead atoms. The van der Waals surface area contributed by atoms with Gasteiger partial charge in [-0.05, 0) is 19.1 Å². The molecule has 6 heteroatoms. The van der Waals surface area contributed by atoms with E-state index in [0.717, 1.165) is 22.0 Å². The zero-order valence-corrected chi connectivity index (χ0v) is 11.4. The van der Waals surface area contributed by atoms with Gasteiger partial charge in [-0.3, -0.25) is 0 Å². The zero-order chi connectivity index (χ0) is 13.6. The predicted molar refractivity (Wildman–Crippen MR) is 74.4 cm³/mol. The van der Waals surface area contributed by atoms with E-state index in [1.165, 1.54) is 23.5 Å². The van der Waals surface area contributed by atoms with E-state index in [-0.39, 0.29) is 11.9 Å². The van der Waals surface area contributed by atoms with E-state index in [9.17, 15) is 4.39 Å². The van der Waals surface area contributed by atoms with Gasteiger partial charge in [-0.15, -0.1) is 11.3 Å². The van der Waals surface area contributed by atoms with Crippen molar-refractivity contribution in [2.24, 2.45) is 12.8 Å². The molecule has 1 unspecified atom stereocenters. The second-order valence-corrected chi connectivity index (χ2v) is 5.38. The van der Waals surface area contributed by atoms with Gasteiger partial charge >= 0.3 is 0 Å². The van der Waals surface area contributed by atoms with Gasteiger partial charge in [0, 0.05) is 18.5 Å². The number of nitrogens with zero attached hydrogens (tertiary/aromatic N) is 3. The van der Waals surface area contributed by atoms with Gasteiger partial charge in [0.1, 0.15) is 16.5 Å². The molecule has 98 valence electrons. The van der Waals surface area contributed by atoms with Crippen molar-refractivity contribution in [3.05, 3.63) is 34.4 Å². The molecule has 0 spiro atoms. The average Bonchev–Trinajstić information content (AvgIpc) is 2.94. The van der Waals surface area contributed by atoms with Crippen LogP contribution in [0.3, 0.4) is 0 Å². The van der Waals surface area contributed by atoms with E-state index in [0.29, 0.717) is 5.52 Å². The van der Waals surface area contributed by atoms with E-state index in [4.69, 9.17) is 5.73 Å². The third kappa shape index (κ3) is 2.02. The largest absolute Gasteiger partial charge is 0.326 e. The molecule has 3 rings (SSSR count). The standard InChI is InChI=1S/C13H13FN4S/c1-7(15)13-17-10(6-19-13)12-16-9-5-8(14)3-4-11(9)18(12)2/h3-7H,15H2,1-2H3. The molecule has 2 heterocycles. The summed E-state index contributed by atoms with van der Waals surface area (Å²) in [6.07, 6.45) is 0. The Labute approximate surface area is 113 Å². The van der Waals surface area contributed by atoms with Crippen molar-refractivity contribution in [1.29, 1.82) is 0 Å². The summed E-state index contributed by atoms with van der Waals surface area (Å²) in [7, 11) is 1.90. The molecule has 0 radical (unpaired) electrons. The normalized spacial score (nSPS) is 13.1. The first-order valence-electron chi connectivity index (χ1n) is 5.89. The fourth-order valence-electron chi connectivity index (χ4n) is 2.00. The number of benzene rings is 1. The van der Waals surface area contributed by atoms with Gasteiger partial charge in [-0.1, -0.05) is 0 Å². The maximum Gasteiger partial charge on any atom is 0.160 e. The van der Waals surface area contributed by atoms with E-state index < -0.39 is 0 Å². The second-order valence-electron chi connectivity index (χ2n) is 4.49. The second kappa shape index (κ2) is 4.40. The number of hydrogen-bond donors (Lipinski definition) is 1. The molecule has 0 aliphatic rings. The van der Waals surface area contributed by atoms with Gasteiger partial charge in [-0.25, -0.2) is 14.4 Å². The molecule has 0 fully saturated rings. The van der Waals surface area contributed by atoms with Crippen molar-refractivity contribution in [1.82, 2.24) is 14.5 Å². The number of imidazole rings is 1. The van der Waals surface area contributed by atoms with Gasteiger partial charge in [0.05, 0.1) is 17.1 Å². The molecule has 1 aromatic carbocycles. The maximum atomic E-state index is 13.2. The van der Waals surface area contributed by atoms with Crippen LogP contribution in [0.25, 0.3) is 22.6 Å². The van der Waals surface area contributed by atoms with Crippen LogP contribution in [-0.4, -0.2) is 14.5 Å². The fraction of sp³-hybridized carbons (Fsp3) is 0.231. The number of halogens is 1. The smallest absolute Gasteiger partial charge is 0.160 e. The highest BCUT2D eigenvalue weighted by atomic mass is 32.1. The minimum Gasteiger partial charge on any atom is -0.326 e. The monoisotopic (exact) mass is 276 g/mol. The van der Waals surface area contributed by atoms with Crippen LogP contribution < -0.4 is 5.73 Å². The third-order valence-electron chi connectivity index (χ3n) is 2.98. The third-order valence-corrected chi connectivity index (χ3v) is 4.03. The van der Waals surface area contributed by atoms with Crippen molar-refractivity contribution in [2.75, 3.05) is 0 Å². The highest BCUT2D eigenvalue weighted by Gasteiger charge is 2.14. The van der Waals surface area contributed by atoms with E-state index in [1.807, 2.05) is 23.9 Å². The first-order chi connectivity index (χ1) is 9.06. The molecule has 0 aliphatic carbocycles. The lowest BCUT2D eigenvalue weighted by Gasteiger charge is -1.99. The molecule has 0 saturated heterocycles. The predicted octanol–water partition coefficient (Wildman–Crippen LogP) is 2.86. The Balaban J connectivity index is 2.16. The zero-order valence-electron chi connectivity index (χ0n) is 10.6. The molecule has 3 aromatic rings. The molecule has 2 aromatic heterocycles. The summed E-state index contributed by atoms with van der Waals surface area (Å²) >= 11 is 1.51. The minimum absolute atomic E-state index is 0.0918. The topological polar surface area (TPSA) is 56.7 Å². The molecule has 1 atom stereocenters. The quantitative estimate of drug-likeness (QED) is 0.783. The number of aromatic nitrogens is 3. The van der Waals surface area contributed by atoms with Crippen molar-refractivity contribution in [2.45, 2.75) is 13.0 Å². The molecule has 4 nitrogen and oxygen atoms in total. The van der Waals surface area contributed by atoms with Crippen molar-refractivity contribution in [3.63, 3.8) is 0 Å². The van der Waals surface area contributed by atoms with Gasteiger partial charge in [-0.2, -0.15) is 0 Å². The van der Waals surface area contributed by atoms with Crippen LogP contribution in [0.5, 0.6) is 0 Å². The Hall–Kier alpha value is -1.79. The Bertz CT molecular complexity index is 744. The van der Waals surface area contributed by atoms with Crippen LogP contribution in [0.15, 0.2) is 23.6 Å². The van der Waals surface area contributed by atoms with Gasteiger partial charge in [0.2, 0.25) is 0 Å². The number of fused-ring (bicyclic) bond motifs is 1. The molecule has 0 aliphatic heterocycles. The lowest BCUT2D eigenvalue weighted by atomic mass is 10.3. The fourth-order valence-corrected chi connectivity index (χ4v) is 2.76. The Morgan fingerprint density at radius 3 is 2.84 bits per heavy atom. The summed E-state index contributed by atoms with van der Waals surface area (Å²) in [5.41, 5.74) is 8.10. The lowest BCUT2D eigenvalue weighted by molar-refractivity contribution is 0.629. The van der Waals surface area contributed by atoms with Gasteiger partial charge in [0.15, 0.2) is 5.82 Å². The summed E-state index contributed by atoms with van der Waals surface area (Å²) in [6.45, 7) is 1.90. The van der Waals surface area contributed by atoms with Crippen LogP contribution in [0, 0.1) is 5.82 Å². The molecule has 0 saturated carbocycles. The van der Waals surface area contributed by atoms with Gasteiger partial charge in [0.25, 0.3) is 0 Å².